The number of hydrogen-bond donors (Lipinski definition) is 3. The zero-order valence-electron chi connectivity index (χ0n) is 22.3. The van der Waals surface area contributed by atoms with Gasteiger partial charge in [0.25, 0.3) is 0 Å². The number of benzene rings is 3. The van der Waals surface area contributed by atoms with Crippen LogP contribution in [0, 0.1) is 0 Å². The molecule has 3 aromatic rings. The molecule has 1 aliphatic rings. The first-order valence-electron chi connectivity index (χ1n) is 12.8. The molecule has 0 aliphatic carbocycles. The molecule has 3 aromatic carbocycles. The number of halogens is 4. The number of carboxylic acids is 1. The maximum absolute atomic E-state index is 14.3. The first-order valence-corrected chi connectivity index (χ1v) is 12.8. The van der Waals surface area contributed by atoms with E-state index >= 15 is 0 Å². The molecular formula is C29H27F4N3O6. The van der Waals surface area contributed by atoms with Crippen LogP contribution in [-0.4, -0.2) is 60.4 Å². The molecule has 3 N–H and O–H groups in total. The van der Waals surface area contributed by atoms with Crippen LogP contribution < -0.4 is 20.1 Å². The number of para-hydroxylation sites is 1. The number of hydrogen-bond acceptors (Lipinski definition) is 5. The fourth-order valence-corrected chi connectivity index (χ4v) is 4.55. The second-order valence-electron chi connectivity index (χ2n) is 9.51. The van der Waals surface area contributed by atoms with Gasteiger partial charge in [-0.2, -0.15) is 13.2 Å². The van der Waals surface area contributed by atoms with Crippen LogP contribution in [0.25, 0.3) is 0 Å². The molecule has 1 saturated heterocycles. The lowest BCUT2D eigenvalue weighted by molar-refractivity contribution is -0.137. The lowest BCUT2D eigenvalue weighted by Gasteiger charge is -2.24. The van der Waals surface area contributed by atoms with Crippen molar-refractivity contribution in [2.75, 3.05) is 30.9 Å². The summed E-state index contributed by atoms with van der Waals surface area (Å²) in [6.07, 6.45) is -5.93. The van der Waals surface area contributed by atoms with E-state index in [1.807, 2.05) is 0 Å². The summed E-state index contributed by atoms with van der Waals surface area (Å²) in [5.74, 6) is -0.901. The second-order valence-corrected chi connectivity index (χ2v) is 9.51. The number of alkyl halides is 4. The predicted molar refractivity (Wildman–Crippen MR) is 145 cm³/mol. The van der Waals surface area contributed by atoms with Crippen molar-refractivity contribution in [2.45, 2.75) is 31.2 Å². The lowest BCUT2D eigenvalue weighted by Crippen LogP contribution is -2.40. The van der Waals surface area contributed by atoms with Crippen LogP contribution in [0.1, 0.15) is 27.9 Å². The molecule has 2 atom stereocenters. The van der Waals surface area contributed by atoms with Gasteiger partial charge in [0.2, 0.25) is 5.91 Å². The fourth-order valence-electron chi connectivity index (χ4n) is 4.55. The van der Waals surface area contributed by atoms with Crippen molar-refractivity contribution in [2.24, 2.45) is 0 Å². The van der Waals surface area contributed by atoms with E-state index in [2.05, 4.69) is 10.6 Å². The monoisotopic (exact) mass is 589 g/mol. The summed E-state index contributed by atoms with van der Waals surface area (Å²) >= 11 is 0. The van der Waals surface area contributed by atoms with E-state index in [9.17, 15) is 31.9 Å². The number of carbonyl (C=O) groups excluding carboxylic acids is 2. The highest BCUT2D eigenvalue weighted by molar-refractivity contribution is 6.01. The topological polar surface area (TPSA) is 117 Å². The molecule has 13 heteroatoms. The van der Waals surface area contributed by atoms with Gasteiger partial charge in [0.15, 0.2) is 0 Å². The summed E-state index contributed by atoms with van der Waals surface area (Å²) in [7, 11) is 1.33. The van der Waals surface area contributed by atoms with Crippen molar-refractivity contribution < 1.29 is 46.5 Å². The van der Waals surface area contributed by atoms with Crippen LogP contribution in [0.2, 0.25) is 0 Å². The zero-order valence-corrected chi connectivity index (χ0v) is 22.3. The van der Waals surface area contributed by atoms with Crippen LogP contribution in [0.15, 0.2) is 66.7 Å². The van der Waals surface area contributed by atoms with Gasteiger partial charge in [-0.15, -0.1) is 0 Å². The Hall–Kier alpha value is -4.81. The number of methoxy groups -OCH3 is 1. The number of carboxylic acid groups (broad SMARTS) is 1. The summed E-state index contributed by atoms with van der Waals surface area (Å²) in [5.41, 5.74) is -0.681. The van der Waals surface area contributed by atoms with Gasteiger partial charge in [0, 0.05) is 6.42 Å². The number of rotatable bonds is 9. The number of anilines is 2. The molecule has 0 radical (unpaired) electrons. The number of likely N-dealkylation sites (tertiary alicyclic amines) is 1. The summed E-state index contributed by atoms with van der Waals surface area (Å²) in [6, 6.07) is 13.3. The molecule has 0 saturated carbocycles. The van der Waals surface area contributed by atoms with Gasteiger partial charge in [-0.3, -0.25) is 4.79 Å². The van der Waals surface area contributed by atoms with Gasteiger partial charge < -0.3 is 30.1 Å². The smallest absolute Gasteiger partial charge is 0.418 e. The Morgan fingerprint density at radius 1 is 1.00 bits per heavy atom. The van der Waals surface area contributed by atoms with Crippen molar-refractivity contribution >= 4 is 29.3 Å². The fraction of sp³-hybridized carbons (Fsp3) is 0.276. The van der Waals surface area contributed by atoms with Crippen LogP contribution in [0.4, 0.5) is 33.7 Å². The number of amides is 3. The lowest BCUT2D eigenvalue weighted by atomic mass is 10.1. The van der Waals surface area contributed by atoms with E-state index in [0.29, 0.717) is 11.3 Å². The van der Waals surface area contributed by atoms with E-state index in [4.69, 9.17) is 14.6 Å². The quantitative estimate of drug-likeness (QED) is 0.279. The highest BCUT2D eigenvalue weighted by Crippen LogP contribution is 2.35. The van der Waals surface area contributed by atoms with Gasteiger partial charge in [-0.05, 0) is 54.1 Å². The Morgan fingerprint density at radius 3 is 2.36 bits per heavy atom. The third-order valence-electron chi connectivity index (χ3n) is 6.58. The minimum atomic E-state index is -4.66. The van der Waals surface area contributed by atoms with Gasteiger partial charge >= 0.3 is 18.2 Å². The normalized spacial score (nSPS) is 16.5. The summed E-state index contributed by atoms with van der Waals surface area (Å²) in [6.45, 7) is -0.0987. The molecule has 9 nitrogen and oxygen atoms in total. The Kier molecular flexibility index (Phi) is 9.18. The van der Waals surface area contributed by atoms with Crippen LogP contribution in [0.5, 0.6) is 11.5 Å². The van der Waals surface area contributed by atoms with Crippen molar-refractivity contribution in [1.29, 1.82) is 0 Å². The highest BCUT2D eigenvalue weighted by Gasteiger charge is 2.36. The van der Waals surface area contributed by atoms with Gasteiger partial charge in [-0.25, -0.2) is 14.0 Å². The Morgan fingerprint density at radius 2 is 1.69 bits per heavy atom. The third kappa shape index (κ3) is 7.47. The zero-order chi connectivity index (χ0) is 30.4. The minimum Gasteiger partial charge on any atom is -0.495 e. The Bertz CT molecular complexity index is 1450. The maximum Gasteiger partial charge on any atom is 0.418 e. The third-order valence-corrected chi connectivity index (χ3v) is 6.58. The minimum absolute atomic E-state index is 0.0112. The van der Waals surface area contributed by atoms with Crippen molar-refractivity contribution in [1.82, 2.24) is 4.90 Å². The first kappa shape index (κ1) is 30.2. The average Bonchev–Trinajstić information content (AvgIpc) is 3.33. The number of nitrogens with zero attached hydrogens (tertiary/aromatic N) is 1. The van der Waals surface area contributed by atoms with Crippen molar-refractivity contribution in [3.05, 3.63) is 83.4 Å². The molecule has 4 rings (SSSR count). The number of ether oxygens (including phenoxy) is 2. The van der Waals surface area contributed by atoms with E-state index in [0.717, 1.165) is 12.1 Å². The van der Waals surface area contributed by atoms with Crippen LogP contribution >= 0.6 is 0 Å². The molecule has 1 unspecified atom stereocenters. The molecule has 1 aliphatic heterocycles. The standard InChI is InChI=1S/C29H27F4N3O6/c1-41-25-12-17(6-11-24(25)35-28(40)34-23-5-3-2-4-22(23)29(31,32)33)13-26(37)36-15-19(30)14-20(36)16-42-21-9-7-18(8-10-21)27(38)39/h2-12,19-20H,13-16H2,1H3,(H,38,39)(H2,34,35,40)/t19-,20?/m0/s1. The van der Waals surface area contributed by atoms with Crippen molar-refractivity contribution in [3.8, 4) is 11.5 Å². The highest BCUT2D eigenvalue weighted by atomic mass is 19.4. The van der Waals surface area contributed by atoms with Crippen molar-refractivity contribution in [3.63, 3.8) is 0 Å². The van der Waals surface area contributed by atoms with Crippen LogP contribution in [0.3, 0.4) is 0 Å². The maximum atomic E-state index is 14.3. The summed E-state index contributed by atoms with van der Waals surface area (Å²) in [5, 5.41) is 13.6. The first-order chi connectivity index (χ1) is 19.9. The molecule has 3 amide bonds. The number of urea groups is 1. The second kappa shape index (κ2) is 12.8. The summed E-state index contributed by atoms with van der Waals surface area (Å²) < 4.78 is 65.0. The van der Waals surface area contributed by atoms with E-state index < -0.39 is 41.6 Å². The van der Waals surface area contributed by atoms with Gasteiger partial charge in [0.05, 0.1) is 48.6 Å². The number of nitrogens with one attached hydrogen (secondary N) is 2. The van der Waals surface area contributed by atoms with Gasteiger partial charge in [-0.1, -0.05) is 18.2 Å². The van der Waals surface area contributed by atoms with Crippen LogP contribution in [-0.2, 0) is 17.4 Å². The molecule has 42 heavy (non-hydrogen) atoms. The molecule has 1 heterocycles. The summed E-state index contributed by atoms with van der Waals surface area (Å²) in [4.78, 5) is 38.0. The molecule has 0 bridgehead atoms. The SMILES string of the molecule is COc1cc(CC(=O)N2C[C@@H](F)CC2COc2ccc(C(=O)O)cc2)ccc1NC(=O)Nc1ccccc1C(F)(F)F. The molecule has 1 fully saturated rings. The number of aromatic carboxylic acids is 1. The van der Waals surface area contributed by atoms with E-state index in [1.165, 1.54) is 66.6 Å². The Balaban J connectivity index is 1.38. The number of carbonyl (C=O) groups is 3. The predicted octanol–water partition coefficient (Wildman–Crippen LogP) is 5.62. The molecule has 0 aromatic heterocycles. The largest absolute Gasteiger partial charge is 0.495 e. The Labute approximate surface area is 238 Å². The molecule has 0 spiro atoms. The van der Waals surface area contributed by atoms with E-state index in [1.54, 1.807) is 0 Å². The van der Waals surface area contributed by atoms with E-state index in [-0.39, 0.29) is 48.9 Å². The molecule has 222 valence electrons. The average molecular weight is 590 g/mol. The molecular weight excluding hydrogens is 562 g/mol. The van der Waals surface area contributed by atoms with Gasteiger partial charge in [0.1, 0.15) is 24.3 Å².